The van der Waals surface area contributed by atoms with Crippen LogP contribution < -0.4 is 20.7 Å². The summed E-state index contributed by atoms with van der Waals surface area (Å²) in [5.41, 5.74) is -1.30. The monoisotopic (exact) mass is 907 g/mol. The highest BCUT2D eigenvalue weighted by molar-refractivity contribution is 6.99. The predicted molar refractivity (Wildman–Crippen MR) is 272 cm³/mol. The summed E-state index contributed by atoms with van der Waals surface area (Å²) in [5, 5.41) is 27.8. The number of benzene rings is 4. The van der Waals surface area contributed by atoms with Crippen molar-refractivity contribution in [1.82, 2.24) is 0 Å². The van der Waals surface area contributed by atoms with Crippen LogP contribution in [0.25, 0.3) is 0 Å². The van der Waals surface area contributed by atoms with Crippen molar-refractivity contribution in [2.24, 2.45) is 5.92 Å². The van der Waals surface area contributed by atoms with Crippen LogP contribution in [0.4, 0.5) is 0 Å². The number of aliphatic hydroxyl groups excluding tert-OH is 1. The number of aliphatic hydroxyl groups is 2. The molecule has 3 N–H and O–H groups in total. The second-order valence-electron chi connectivity index (χ2n) is 20.1. The largest absolute Gasteiger partial charge is 0.424 e. The van der Waals surface area contributed by atoms with Gasteiger partial charge in [0, 0.05) is 25.4 Å². The van der Waals surface area contributed by atoms with Crippen molar-refractivity contribution in [3.63, 3.8) is 0 Å². The summed E-state index contributed by atoms with van der Waals surface area (Å²) in [6.07, 6.45) is 18.9. The lowest BCUT2D eigenvalue weighted by Crippen LogP contribution is -2.67. The van der Waals surface area contributed by atoms with Crippen LogP contribution in [0.1, 0.15) is 138 Å². The van der Waals surface area contributed by atoms with E-state index in [0.717, 1.165) is 61.7 Å². The highest BCUT2D eigenvalue weighted by Crippen LogP contribution is 2.44. The fourth-order valence-corrected chi connectivity index (χ4v) is 18.5. The molecule has 0 radical (unpaired) electrons. The van der Waals surface area contributed by atoms with Crippen molar-refractivity contribution in [3.8, 4) is 0 Å². The predicted octanol–water partition coefficient (Wildman–Crippen LogP) is 10.6. The Labute approximate surface area is 389 Å². The molecule has 2 atom stereocenters. The molecule has 0 amide bonds. The van der Waals surface area contributed by atoms with Crippen molar-refractivity contribution >= 4 is 37.4 Å². The van der Waals surface area contributed by atoms with E-state index < -0.39 is 33.2 Å². The van der Waals surface area contributed by atoms with Crippen molar-refractivity contribution in [3.05, 3.63) is 133 Å². The molecule has 350 valence electrons. The van der Waals surface area contributed by atoms with E-state index in [9.17, 15) is 15.0 Å². The molecule has 0 aromatic heterocycles. The maximum Gasteiger partial charge on any atom is 0.261 e. The second-order valence-corrected chi connectivity index (χ2v) is 28.4. The van der Waals surface area contributed by atoms with Crippen LogP contribution in [0.15, 0.2) is 133 Å². The summed E-state index contributed by atoms with van der Waals surface area (Å²) in [6, 6.07) is 41.5. The summed E-state index contributed by atoms with van der Waals surface area (Å²) in [7, 11) is -6.24. The van der Waals surface area contributed by atoms with Crippen LogP contribution in [-0.2, 0) is 13.9 Å². The maximum absolute atomic E-state index is 13.1. The molecule has 0 bridgehead atoms. The normalized spacial score (nSPS) is 16.3. The molecule has 64 heavy (non-hydrogen) atoms. The second kappa shape index (κ2) is 24.5. The Morgan fingerprint density at radius 2 is 1.08 bits per heavy atom. The first-order valence-corrected chi connectivity index (χ1v) is 28.5. The lowest BCUT2D eigenvalue weighted by molar-refractivity contribution is -0.168. The van der Waals surface area contributed by atoms with Gasteiger partial charge in [-0.25, -0.2) is 0 Å². The Morgan fingerprint density at radius 3 is 1.53 bits per heavy atom. The number of ether oxygens (including phenoxy) is 2. The van der Waals surface area contributed by atoms with Crippen LogP contribution >= 0.6 is 0 Å². The summed E-state index contributed by atoms with van der Waals surface area (Å²) in [6.45, 7) is 14.9. The molecule has 0 saturated carbocycles. The Balaban J connectivity index is 1.34. The Morgan fingerprint density at radius 1 is 0.625 bits per heavy atom. The summed E-state index contributed by atoms with van der Waals surface area (Å²) < 4.78 is 19.7. The molecule has 1 heterocycles. The number of rotatable bonds is 28. The smallest absolute Gasteiger partial charge is 0.261 e. The molecule has 8 heteroatoms. The van der Waals surface area contributed by atoms with Crippen molar-refractivity contribution in [2.45, 2.75) is 159 Å². The van der Waals surface area contributed by atoms with E-state index >= 15 is 0 Å². The average molecular weight is 907 g/mol. The van der Waals surface area contributed by atoms with E-state index in [1.807, 2.05) is 60.7 Å². The van der Waals surface area contributed by atoms with Gasteiger partial charge in [0.2, 0.25) is 0 Å². The first-order valence-electron chi connectivity index (χ1n) is 24.6. The van der Waals surface area contributed by atoms with Crippen LogP contribution in [0.2, 0.25) is 10.1 Å². The molecule has 1 fully saturated rings. The molecule has 1 aliphatic heterocycles. The van der Waals surface area contributed by atoms with Gasteiger partial charge in [-0.15, -0.1) is 0 Å². The first kappa shape index (κ1) is 51.8. The van der Waals surface area contributed by atoms with Crippen LogP contribution in [0, 0.1) is 5.92 Å². The van der Waals surface area contributed by atoms with Gasteiger partial charge in [-0.3, -0.25) is 0 Å². The molecule has 6 nitrogen and oxygen atoms in total. The highest BCUT2D eigenvalue weighted by atomic mass is 28.4. The zero-order valence-electron chi connectivity index (χ0n) is 40.3. The van der Waals surface area contributed by atoms with Crippen LogP contribution in [0.3, 0.4) is 0 Å². The number of hydrogen-bond acceptors (Lipinski definition) is 6. The van der Waals surface area contributed by atoms with Gasteiger partial charge in [-0.05, 0) is 75.8 Å². The molecule has 1 aliphatic rings. The van der Waals surface area contributed by atoms with Gasteiger partial charge in [0.15, 0.2) is 5.79 Å². The Hall–Kier alpha value is -3.19. The molecule has 1 saturated heterocycles. The SMILES string of the molecule is CCCCCCCC1(CCCCCC/C=C/[C@H](CO)[C@@](O)(CCO[Si](c2ccccc2)(c2ccccc2)C(C)(C)C)CCC(C)(C)[Si](O)(c2ccccc2)c2ccccc2)OCCO1. The third-order valence-corrected chi connectivity index (χ3v) is 23.8. The average Bonchev–Trinajstić information content (AvgIpc) is 3.78. The highest BCUT2D eigenvalue weighted by Gasteiger charge is 2.53. The van der Waals surface area contributed by atoms with E-state index in [0.29, 0.717) is 39.1 Å². The molecular weight excluding hydrogens is 825 g/mol. The lowest BCUT2D eigenvalue weighted by atomic mass is 9.79. The molecule has 0 aliphatic carbocycles. The van der Waals surface area contributed by atoms with Gasteiger partial charge in [-0.2, -0.15) is 0 Å². The zero-order valence-corrected chi connectivity index (χ0v) is 42.3. The maximum atomic E-state index is 13.1. The van der Waals surface area contributed by atoms with E-state index in [-0.39, 0.29) is 17.4 Å². The van der Waals surface area contributed by atoms with Gasteiger partial charge in [0.25, 0.3) is 16.6 Å². The minimum absolute atomic E-state index is 0.188. The van der Waals surface area contributed by atoms with Crippen molar-refractivity contribution in [1.29, 1.82) is 0 Å². The Kier molecular flexibility index (Phi) is 19.9. The van der Waals surface area contributed by atoms with E-state index in [4.69, 9.17) is 13.9 Å². The van der Waals surface area contributed by atoms with E-state index in [1.54, 1.807) is 0 Å². The Bertz CT molecular complexity index is 1830. The molecule has 0 unspecified atom stereocenters. The molecular formula is C56H82O6Si2. The third kappa shape index (κ3) is 13.0. The third-order valence-electron chi connectivity index (χ3n) is 14.2. The van der Waals surface area contributed by atoms with E-state index in [2.05, 4.69) is 114 Å². The van der Waals surface area contributed by atoms with Crippen LogP contribution in [-0.4, -0.2) is 69.5 Å². The fourth-order valence-electron chi connectivity index (χ4n) is 10.2. The molecule has 4 aromatic carbocycles. The summed E-state index contributed by atoms with van der Waals surface area (Å²) in [5.74, 6) is -0.899. The topological polar surface area (TPSA) is 88.4 Å². The molecule has 5 rings (SSSR count). The number of allylic oxidation sites excluding steroid dienone is 1. The summed E-state index contributed by atoms with van der Waals surface area (Å²) in [4.78, 5) is 13.1. The fraction of sp³-hybridized carbons (Fsp3) is 0.536. The molecule has 4 aromatic rings. The van der Waals surface area contributed by atoms with Gasteiger partial charge in [0.05, 0.1) is 25.4 Å². The number of unbranched alkanes of at least 4 members (excludes halogenated alkanes) is 8. The van der Waals surface area contributed by atoms with Gasteiger partial charge in [-0.1, -0.05) is 214 Å². The van der Waals surface area contributed by atoms with Gasteiger partial charge < -0.3 is 28.9 Å². The summed E-state index contributed by atoms with van der Waals surface area (Å²) >= 11 is 0. The lowest BCUT2D eigenvalue weighted by Gasteiger charge is -2.45. The van der Waals surface area contributed by atoms with Gasteiger partial charge in [0.1, 0.15) is 0 Å². The number of hydrogen-bond donors (Lipinski definition) is 3. The minimum atomic E-state index is -3.35. The standard InChI is InChI=1S/C56H82O6Si2/c1-7-8-9-13-28-39-56(60-45-46-61-56)40-29-14-11-10-12-19-30-48(47-57)55(58,42-41-54(5,6)63(59,49-31-20-15-21-32-49)50-33-22-16-23-34-50)43-44-62-64(53(2,3)4,51-35-24-17-25-36-51)52-37-26-18-27-38-52/h15-27,30-38,48,57-59H,7-14,28-29,39-47H2,1-6H3/b30-19+/t48-,55+/m1/s1. The zero-order chi connectivity index (χ0) is 46.0. The van der Waals surface area contributed by atoms with Crippen molar-refractivity contribution < 1.29 is 28.9 Å². The van der Waals surface area contributed by atoms with Crippen molar-refractivity contribution in [2.75, 3.05) is 26.4 Å². The van der Waals surface area contributed by atoms with Crippen LogP contribution in [0.5, 0.6) is 0 Å². The van der Waals surface area contributed by atoms with E-state index in [1.165, 1.54) is 36.1 Å². The minimum Gasteiger partial charge on any atom is -0.424 e. The quantitative estimate of drug-likeness (QED) is 0.0299. The first-order chi connectivity index (χ1) is 30.8. The molecule has 0 spiro atoms. The van der Waals surface area contributed by atoms with Gasteiger partial charge >= 0.3 is 0 Å².